The van der Waals surface area contributed by atoms with E-state index < -0.39 is 0 Å². The minimum Gasteiger partial charge on any atom is -0.351 e. The van der Waals surface area contributed by atoms with E-state index in [0.717, 1.165) is 5.69 Å². The number of amides is 2. The van der Waals surface area contributed by atoms with Crippen LogP contribution >= 0.6 is 11.3 Å². The van der Waals surface area contributed by atoms with Gasteiger partial charge in [-0.1, -0.05) is 24.3 Å². The number of rotatable bonds is 7. The lowest BCUT2D eigenvalue weighted by atomic mass is 10.2. The van der Waals surface area contributed by atoms with Gasteiger partial charge in [-0.15, -0.1) is 6.58 Å². The van der Waals surface area contributed by atoms with Crippen molar-refractivity contribution in [2.75, 3.05) is 18.0 Å². The van der Waals surface area contributed by atoms with Gasteiger partial charge in [0.15, 0.2) is 0 Å². The van der Waals surface area contributed by atoms with Crippen molar-refractivity contribution in [2.45, 2.75) is 6.42 Å². The van der Waals surface area contributed by atoms with E-state index >= 15 is 0 Å². The van der Waals surface area contributed by atoms with E-state index in [1.807, 2.05) is 35.7 Å². The average molecular weight is 314 g/mol. The van der Waals surface area contributed by atoms with E-state index in [1.54, 1.807) is 22.4 Å². The van der Waals surface area contributed by atoms with Gasteiger partial charge >= 0.3 is 0 Å². The zero-order valence-electron chi connectivity index (χ0n) is 12.2. The zero-order chi connectivity index (χ0) is 15.8. The van der Waals surface area contributed by atoms with Crippen LogP contribution in [0.25, 0.3) is 0 Å². The van der Waals surface area contributed by atoms with Crippen LogP contribution in [0, 0.1) is 0 Å². The van der Waals surface area contributed by atoms with Crippen LogP contribution in [-0.2, 0) is 4.79 Å². The van der Waals surface area contributed by atoms with Gasteiger partial charge in [0.05, 0.1) is 0 Å². The van der Waals surface area contributed by atoms with Crippen LogP contribution in [0.4, 0.5) is 5.69 Å². The van der Waals surface area contributed by atoms with Crippen LogP contribution in [0.3, 0.4) is 0 Å². The highest BCUT2D eigenvalue weighted by molar-refractivity contribution is 7.08. The largest absolute Gasteiger partial charge is 0.351 e. The van der Waals surface area contributed by atoms with Gasteiger partial charge in [0.2, 0.25) is 5.91 Å². The Morgan fingerprint density at radius 1 is 1.23 bits per heavy atom. The molecule has 0 aliphatic carbocycles. The second-order valence-corrected chi connectivity index (χ2v) is 5.43. The summed E-state index contributed by atoms with van der Waals surface area (Å²) in [7, 11) is 0. The lowest BCUT2D eigenvalue weighted by Gasteiger charge is -2.21. The van der Waals surface area contributed by atoms with Crippen molar-refractivity contribution in [2.24, 2.45) is 0 Å². The van der Waals surface area contributed by atoms with E-state index in [4.69, 9.17) is 0 Å². The zero-order valence-corrected chi connectivity index (χ0v) is 13.0. The summed E-state index contributed by atoms with van der Waals surface area (Å²) in [5.74, 6) is -0.194. The molecule has 0 atom stereocenters. The SMILES string of the molecule is C=CCN(C(=O)CCNC(=O)c1ccsc1)c1ccccc1. The van der Waals surface area contributed by atoms with Crippen molar-refractivity contribution in [3.8, 4) is 0 Å². The molecule has 2 rings (SSSR count). The molecular formula is C17H18N2O2S. The molecule has 2 aromatic rings. The number of nitrogens with one attached hydrogen (secondary N) is 1. The highest BCUT2D eigenvalue weighted by atomic mass is 32.1. The van der Waals surface area contributed by atoms with E-state index in [9.17, 15) is 9.59 Å². The Labute approximate surface area is 134 Å². The highest BCUT2D eigenvalue weighted by Crippen LogP contribution is 2.14. The molecule has 4 nitrogen and oxygen atoms in total. The minimum absolute atomic E-state index is 0.0447. The summed E-state index contributed by atoms with van der Waals surface area (Å²) in [6, 6.07) is 11.2. The third-order valence-corrected chi connectivity index (χ3v) is 3.77. The van der Waals surface area contributed by atoms with Crippen LogP contribution in [0.15, 0.2) is 59.8 Å². The molecule has 114 valence electrons. The van der Waals surface area contributed by atoms with Gasteiger partial charge in [-0.25, -0.2) is 0 Å². The summed E-state index contributed by atoms with van der Waals surface area (Å²) in [5.41, 5.74) is 1.46. The fourth-order valence-corrected chi connectivity index (χ4v) is 2.64. The predicted molar refractivity (Wildman–Crippen MR) is 90.3 cm³/mol. The first-order valence-electron chi connectivity index (χ1n) is 6.99. The molecule has 0 aliphatic rings. The van der Waals surface area contributed by atoms with E-state index in [-0.39, 0.29) is 18.2 Å². The number of nitrogens with zero attached hydrogens (tertiary/aromatic N) is 1. The monoisotopic (exact) mass is 314 g/mol. The molecule has 1 N–H and O–H groups in total. The fraction of sp³-hybridized carbons (Fsp3) is 0.176. The van der Waals surface area contributed by atoms with E-state index in [1.165, 1.54) is 11.3 Å². The van der Waals surface area contributed by atoms with Gasteiger partial charge in [-0.3, -0.25) is 9.59 Å². The smallest absolute Gasteiger partial charge is 0.252 e. The Balaban J connectivity index is 1.89. The normalized spacial score (nSPS) is 10.0. The maximum absolute atomic E-state index is 12.3. The fourth-order valence-electron chi connectivity index (χ4n) is 2.00. The van der Waals surface area contributed by atoms with Crippen molar-refractivity contribution < 1.29 is 9.59 Å². The number of benzene rings is 1. The van der Waals surface area contributed by atoms with E-state index in [2.05, 4.69) is 11.9 Å². The van der Waals surface area contributed by atoms with Crippen molar-refractivity contribution >= 4 is 28.8 Å². The third kappa shape index (κ3) is 4.30. The summed E-state index contributed by atoms with van der Waals surface area (Å²) < 4.78 is 0. The van der Waals surface area contributed by atoms with Crippen molar-refractivity contribution in [1.82, 2.24) is 5.32 Å². The standard InChI is InChI=1S/C17H18N2O2S/c1-2-11-19(15-6-4-3-5-7-15)16(20)8-10-18-17(21)14-9-12-22-13-14/h2-7,9,12-13H,1,8,10-11H2,(H,18,21). The molecular weight excluding hydrogens is 296 g/mol. The summed E-state index contributed by atoms with van der Waals surface area (Å²) in [5, 5.41) is 6.39. The number of thiophene rings is 1. The Morgan fingerprint density at radius 2 is 2.00 bits per heavy atom. The van der Waals surface area contributed by atoms with Crippen LogP contribution < -0.4 is 10.2 Å². The summed E-state index contributed by atoms with van der Waals surface area (Å²) in [4.78, 5) is 25.8. The molecule has 0 unspecified atom stereocenters. The van der Waals surface area contributed by atoms with Gasteiger partial charge in [-0.05, 0) is 23.6 Å². The van der Waals surface area contributed by atoms with E-state index in [0.29, 0.717) is 18.7 Å². The lowest BCUT2D eigenvalue weighted by Crippen LogP contribution is -2.34. The second kappa shape index (κ2) is 8.14. The Morgan fingerprint density at radius 3 is 2.64 bits per heavy atom. The number of hydrogen-bond donors (Lipinski definition) is 1. The topological polar surface area (TPSA) is 49.4 Å². The molecule has 0 bridgehead atoms. The molecule has 5 heteroatoms. The van der Waals surface area contributed by atoms with Crippen molar-refractivity contribution in [1.29, 1.82) is 0 Å². The molecule has 22 heavy (non-hydrogen) atoms. The van der Waals surface area contributed by atoms with Gasteiger partial charge in [0.25, 0.3) is 5.91 Å². The van der Waals surface area contributed by atoms with Crippen LogP contribution in [-0.4, -0.2) is 24.9 Å². The Kier molecular flexibility index (Phi) is 5.91. The first-order valence-corrected chi connectivity index (χ1v) is 7.93. The predicted octanol–water partition coefficient (Wildman–Crippen LogP) is 3.09. The number of hydrogen-bond acceptors (Lipinski definition) is 3. The first-order chi connectivity index (χ1) is 10.7. The Hall–Kier alpha value is -2.40. The molecule has 0 fully saturated rings. The van der Waals surface area contributed by atoms with Gasteiger partial charge < -0.3 is 10.2 Å². The molecule has 1 aromatic carbocycles. The molecule has 0 saturated carbocycles. The Bertz CT molecular complexity index is 623. The highest BCUT2D eigenvalue weighted by Gasteiger charge is 2.14. The molecule has 1 heterocycles. The van der Waals surface area contributed by atoms with Gasteiger partial charge in [0.1, 0.15) is 0 Å². The van der Waals surface area contributed by atoms with Crippen LogP contribution in [0.5, 0.6) is 0 Å². The number of carbonyl (C=O) groups excluding carboxylic acids is 2. The van der Waals surface area contributed by atoms with Gasteiger partial charge in [-0.2, -0.15) is 11.3 Å². The second-order valence-electron chi connectivity index (χ2n) is 4.65. The first kappa shape index (κ1) is 16.0. The van der Waals surface area contributed by atoms with Crippen LogP contribution in [0.1, 0.15) is 16.8 Å². The molecule has 1 aromatic heterocycles. The summed E-state index contributed by atoms with van der Waals surface area (Å²) in [6.45, 7) is 4.45. The summed E-state index contributed by atoms with van der Waals surface area (Å²) in [6.07, 6.45) is 1.94. The van der Waals surface area contributed by atoms with Gasteiger partial charge in [0, 0.05) is 36.1 Å². The average Bonchev–Trinajstić information content (AvgIpc) is 3.07. The van der Waals surface area contributed by atoms with Crippen molar-refractivity contribution in [3.63, 3.8) is 0 Å². The maximum atomic E-state index is 12.3. The molecule has 0 spiro atoms. The summed E-state index contributed by atoms with van der Waals surface area (Å²) >= 11 is 1.47. The third-order valence-electron chi connectivity index (χ3n) is 3.09. The minimum atomic E-state index is -0.149. The number of anilines is 1. The molecule has 0 saturated heterocycles. The quantitative estimate of drug-likeness (QED) is 0.798. The molecule has 2 amide bonds. The van der Waals surface area contributed by atoms with Crippen LogP contribution in [0.2, 0.25) is 0 Å². The number of carbonyl (C=O) groups is 2. The maximum Gasteiger partial charge on any atom is 0.252 e. The van der Waals surface area contributed by atoms with Crippen molar-refractivity contribution in [3.05, 3.63) is 65.4 Å². The number of para-hydroxylation sites is 1. The molecule has 0 radical (unpaired) electrons. The lowest BCUT2D eigenvalue weighted by molar-refractivity contribution is -0.118. The molecule has 0 aliphatic heterocycles.